The second-order valence-corrected chi connectivity index (χ2v) is 8.92. The fourth-order valence-corrected chi connectivity index (χ4v) is 5.17. The molecule has 1 aromatic rings. The summed E-state index contributed by atoms with van der Waals surface area (Å²) in [6.45, 7) is 10.7. The van der Waals surface area contributed by atoms with Gasteiger partial charge in [-0.05, 0) is 39.3 Å². The van der Waals surface area contributed by atoms with Gasteiger partial charge in [0.2, 0.25) is 10.0 Å². The van der Waals surface area contributed by atoms with E-state index in [0.717, 1.165) is 17.0 Å². The summed E-state index contributed by atoms with van der Waals surface area (Å²) in [4.78, 5) is 3.34. The summed E-state index contributed by atoms with van der Waals surface area (Å²) in [5.41, 5.74) is 1.02. The average molecular weight is 332 g/mol. The molecule has 1 fully saturated rings. The fraction of sp³-hybridized carbons (Fsp3) is 0.714. The first kappa shape index (κ1) is 16.9. The minimum atomic E-state index is -3.40. The predicted octanol–water partition coefficient (Wildman–Crippen LogP) is 1.75. The highest BCUT2D eigenvalue weighted by Crippen LogP contribution is 2.24. The van der Waals surface area contributed by atoms with Crippen molar-refractivity contribution in [2.45, 2.75) is 44.0 Å². The van der Waals surface area contributed by atoms with Crippen LogP contribution in [-0.2, 0) is 14.8 Å². The summed E-state index contributed by atoms with van der Waals surface area (Å²) in [5.74, 6) is 0. The van der Waals surface area contributed by atoms with E-state index in [0.29, 0.717) is 30.0 Å². The molecule has 1 N–H and O–H groups in total. The van der Waals surface area contributed by atoms with E-state index in [1.807, 2.05) is 13.8 Å². The Morgan fingerprint density at radius 2 is 2.24 bits per heavy atom. The Balaban J connectivity index is 1.98. The SMILES string of the molecule is Cc1cc(S(=O)(=O)NCC(C)N2CCOCC2C)sc1C. The summed E-state index contributed by atoms with van der Waals surface area (Å²) >= 11 is 1.33. The van der Waals surface area contributed by atoms with Crippen molar-refractivity contribution in [2.75, 3.05) is 26.3 Å². The Kier molecular flexibility index (Phi) is 5.43. The van der Waals surface area contributed by atoms with Crippen molar-refractivity contribution in [3.05, 3.63) is 16.5 Å². The molecule has 2 atom stereocenters. The number of ether oxygens (including phenoxy) is 1. The summed E-state index contributed by atoms with van der Waals surface area (Å²) in [5, 5.41) is 0. The van der Waals surface area contributed by atoms with Gasteiger partial charge in [-0.25, -0.2) is 13.1 Å². The first-order valence-corrected chi connectivity index (χ1v) is 9.51. The topological polar surface area (TPSA) is 58.6 Å². The van der Waals surface area contributed by atoms with Crippen LogP contribution in [0.3, 0.4) is 0 Å². The maximum atomic E-state index is 12.3. The second kappa shape index (κ2) is 6.75. The number of nitrogens with one attached hydrogen (secondary N) is 1. The summed E-state index contributed by atoms with van der Waals surface area (Å²) in [6.07, 6.45) is 0. The van der Waals surface area contributed by atoms with E-state index in [-0.39, 0.29) is 6.04 Å². The molecular formula is C14H24N2O3S2. The molecule has 0 bridgehead atoms. The van der Waals surface area contributed by atoms with Crippen molar-refractivity contribution in [3.8, 4) is 0 Å². The zero-order valence-corrected chi connectivity index (χ0v) is 14.7. The van der Waals surface area contributed by atoms with Crippen molar-refractivity contribution >= 4 is 21.4 Å². The molecule has 1 aliphatic heterocycles. The first-order valence-electron chi connectivity index (χ1n) is 7.21. The molecule has 0 saturated carbocycles. The minimum absolute atomic E-state index is 0.154. The van der Waals surface area contributed by atoms with Crippen LogP contribution in [-0.4, -0.2) is 51.7 Å². The van der Waals surface area contributed by atoms with Gasteiger partial charge in [-0.2, -0.15) is 0 Å². The highest BCUT2D eigenvalue weighted by Gasteiger charge is 2.25. The van der Waals surface area contributed by atoms with Crippen molar-refractivity contribution in [2.24, 2.45) is 0 Å². The van der Waals surface area contributed by atoms with E-state index in [1.165, 1.54) is 11.3 Å². The molecule has 1 aliphatic rings. The van der Waals surface area contributed by atoms with Crippen molar-refractivity contribution in [1.82, 2.24) is 9.62 Å². The van der Waals surface area contributed by atoms with Crippen LogP contribution in [0.5, 0.6) is 0 Å². The Labute approximate surface area is 131 Å². The van der Waals surface area contributed by atoms with Gasteiger partial charge < -0.3 is 4.74 Å². The van der Waals surface area contributed by atoms with E-state index >= 15 is 0 Å². The van der Waals surface area contributed by atoms with Crippen LogP contribution in [0.25, 0.3) is 0 Å². The number of nitrogens with zero attached hydrogens (tertiary/aromatic N) is 1. The van der Waals surface area contributed by atoms with Crippen molar-refractivity contribution in [3.63, 3.8) is 0 Å². The zero-order chi connectivity index (χ0) is 15.6. The van der Waals surface area contributed by atoms with E-state index in [4.69, 9.17) is 4.74 Å². The second-order valence-electron chi connectivity index (χ2n) is 5.67. The minimum Gasteiger partial charge on any atom is -0.379 e. The molecule has 0 aliphatic carbocycles. The molecule has 2 unspecified atom stereocenters. The Bertz CT molecular complexity index is 564. The molecule has 0 amide bonds. The van der Waals surface area contributed by atoms with Gasteiger partial charge in [-0.15, -0.1) is 11.3 Å². The van der Waals surface area contributed by atoms with Gasteiger partial charge in [0, 0.05) is 30.1 Å². The average Bonchev–Trinajstić information content (AvgIpc) is 2.77. The molecule has 1 saturated heterocycles. The van der Waals surface area contributed by atoms with E-state index < -0.39 is 10.0 Å². The number of rotatable bonds is 5. The maximum Gasteiger partial charge on any atom is 0.250 e. The van der Waals surface area contributed by atoms with Crippen LogP contribution in [0.4, 0.5) is 0 Å². The number of aryl methyl sites for hydroxylation is 2. The van der Waals surface area contributed by atoms with Crippen LogP contribution in [0, 0.1) is 13.8 Å². The van der Waals surface area contributed by atoms with Gasteiger partial charge in [-0.3, -0.25) is 4.90 Å². The van der Waals surface area contributed by atoms with Gasteiger partial charge in [0.15, 0.2) is 0 Å². The first-order chi connectivity index (χ1) is 9.81. The van der Waals surface area contributed by atoms with Gasteiger partial charge in [0.1, 0.15) is 4.21 Å². The predicted molar refractivity (Wildman–Crippen MR) is 85.4 cm³/mol. The lowest BCUT2D eigenvalue weighted by Gasteiger charge is -2.37. The van der Waals surface area contributed by atoms with Crippen molar-refractivity contribution in [1.29, 1.82) is 0 Å². The number of morpholine rings is 1. The van der Waals surface area contributed by atoms with E-state index in [2.05, 4.69) is 23.5 Å². The third-order valence-electron chi connectivity index (χ3n) is 3.96. The molecule has 7 heteroatoms. The standard InChI is InChI=1S/C14H24N2O3S2/c1-10-7-14(20-13(10)4)21(17,18)15-8-11(2)16-5-6-19-9-12(16)3/h7,11-12,15H,5-6,8-9H2,1-4H3. The number of thiophene rings is 1. The smallest absolute Gasteiger partial charge is 0.250 e. The highest BCUT2D eigenvalue weighted by molar-refractivity contribution is 7.91. The van der Waals surface area contributed by atoms with E-state index in [1.54, 1.807) is 6.07 Å². The lowest BCUT2D eigenvalue weighted by atomic mass is 10.2. The fourth-order valence-electron chi connectivity index (χ4n) is 2.49. The Hall–Kier alpha value is -0.470. The maximum absolute atomic E-state index is 12.3. The van der Waals surface area contributed by atoms with Crippen molar-refractivity contribution < 1.29 is 13.2 Å². The Morgan fingerprint density at radius 1 is 1.52 bits per heavy atom. The normalized spacial score (nSPS) is 22.4. The molecule has 21 heavy (non-hydrogen) atoms. The molecule has 0 radical (unpaired) electrons. The van der Waals surface area contributed by atoms with Gasteiger partial charge in [-0.1, -0.05) is 0 Å². The third-order valence-corrected chi connectivity index (χ3v) is 7.01. The molecule has 2 heterocycles. The van der Waals surface area contributed by atoms with Crippen LogP contribution in [0.15, 0.2) is 10.3 Å². The molecule has 0 spiro atoms. The third kappa shape index (κ3) is 4.04. The zero-order valence-electron chi connectivity index (χ0n) is 13.0. The van der Waals surface area contributed by atoms with Crippen LogP contribution < -0.4 is 4.72 Å². The molecule has 0 aromatic carbocycles. The quantitative estimate of drug-likeness (QED) is 0.892. The largest absolute Gasteiger partial charge is 0.379 e. The highest BCUT2D eigenvalue weighted by atomic mass is 32.2. The lowest BCUT2D eigenvalue weighted by Crippen LogP contribution is -2.51. The molecule has 2 rings (SSSR count). The van der Waals surface area contributed by atoms with Gasteiger partial charge >= 0.3 is 0 Å². The molecular weight excluding hydrogens is 308 g/mol. The summed E-state index contributed by atoms with van der Waals surface area (Å²) in [7, 11) is -3.40. The van der Waals surface area contributed by atoms with Crippen LogP contribution >= 0.6 is 11.3 Å². The summed E-state index contributed by atoms with van der Waals surface area (Å²) in [6, 6.07) is 2.22. The summed E-state index contributed by atoms with van der Waals surface area (Å²) < 4.78 is 33.2. The monoisotopic (exact) mass is 332 g/mol. The van der Waals surface area contributed by atoms with E-state index in [9.17, 15) is 8.42 Å². The van der Waals surface area contributed by atoms with Gasteiger partial charge in [0.25, 0.3) is 0 Å². The Morgan fingerprint density at radius 3 is 2.81 bits per heavy atom. The molecule has 120 valence electrons. The van der Waals surface area contributed by atoms with Crippen LogP contribution in [0.1, 0.15) is 24.3 Å². The molecule has 1 aromatic heterocycles. The lowest BCUT2D eigenvalue weighted by molar-refractivity contribution is -0.0172. The number of hydrogen-bond donors (Lipinski definition) is 1. The van der Waals surface area contributed by atoms with Gasteiger partial charge in [0.05, 0.1) is 13.2 Å². The molecule has 5 nitrogen and oxygen atoms in total. The number of hydrogen-bond acceptors (Lipinski definition) is 5. The number of sulfonamides is 1. The van der Waals surface area contributed by atoms with Crippen LogP contribution in [0.2, 0.25) is 0 Å².